The van der Waals surface area contributed by atoms with E-state index in [2.05, 4.69) is 5.32 Å². The van der Waals surface area contributed by atoms with Crippen molar-refractivity contribution in [3.05, 3.63) is 0 Å². The van der Waals surface area contributed by atoms with E-state index in [4.69, 9.17) is 5.73 Å². The molecular formula is C10H22N4O2. The standard InChI is InChI=1S/C10H22N4O2/c1-13(2)7-4-8-14(3)10(16)9(15)12-6-5-11/h4-8,11H2,1-3H3,(H,12,15). The van der Waals surface area contributed by atoms with Crippen LogP contribution in [0.25, 0.3) is 0 Å². The summed E-state index contributed by atoms with van der Waals surface area (Å²) in [5.41, 5.74) is 5.22. The number of hydrogen-bond acceptors (Lipinski definition) is 4. The number of carbonyl (C=O) groups excluding carboxylic acids is 2. The van der Waals surface area contributed by atoms with Crippen molar-refractivity contribution in [3.63, 3.8) is 0 Å². The van der Waals surface area contributed by atoms with Crippen LogP contribution in [0.2, 0.25) is 0 Å². The first-order valence-corrected chi connectivity index (χ1v) is 5.37. The minimum atomic E-state index is -0.585. The second-order valence-corrected chi connectivity index (χ2v) is 3.93. The first kappa shape index (κ1) is 14.9. The van der Waals surface area contributed by atoms with E-state index in [1.54, 1.807) is 7.05 Å². The maximum Gasteiger partial charge on any atom is 0.311 e. The maximum absolute atomic E-state index is 11.5. The molecule has 0 rings (SSSR count). The molecule has 0 saturated heterocycles. The van der Waals surface area contributed by atoms with Crippen molar-refractivity contribution in [3.8, 4) is 0 Å². The summed E-state index contributed by atoms with van der Waals surface area (Å²) >= 11 is 0. The molecule has 2 amide bonds. The van der Waals surface area contributed by atoms with Gasteiger partial charge in [0.25, 0.3) is 0 Å². The van der Waals surface area contributed by atoms with Gasteiger partial charge in [0, 0.05) is 26.7 Å². The van der Waals surface area contributed by atoms with Gasteiger partial charge >= 0.3 is 11.8 Å². The highest BCUT2D eigenvalue weighted by molar-refractivity contribution is 6.34. The van der Waals surface area contributed by atoms with E-state index in [9.17, 15) is 9.59 Å². The largest absolute Gasteiger partial charge is 0.347 e. The third-order valence-electron chi connectivity index (χ3n) is 2.07. The van der Waals surface area contributed by atoms with Crippen molar-refractivity contribution in [1.29, 1.82) is 0 Å². The molecule has 94 valence electrons. The van der Waals surface area contributed by atoms with Crippen LogP contribution in [0.15, 0.2) is 0 Å². The summed E-state index contributed by atoms with van der Waals surface area (Å²) in [6.07, 6.45) is 0.847. The molecule has 0 atom stereocenters. The molecule has 16 heavy (non-hydrogen) atoms. The number of carbonyl (C=O) groups is 2. The van der Waals surface area contributed by atoms with E-state index in [1.807, 2.05) is 19.0 Å². The number of likely N-dealkylation sites (N-methyl/N-ethyl adjacent to an activating group) is 1. The predicted molar refractivity (Wildman–Crippen MR) is 62.9 cm³/mol. The van der Waals surface area contributed by atoms with Crippen LogP contribution in [0, 0.1) is 0 Å². The third kappa shape index (κ3) is 6.36. The van der Waals surface area contributed by atoms with Gasteiger partial charge in [-0.15, -0.1) is 0 Å². The highest BCUT2D eigenvalue weighted by Crippen LogP contribution is 1.90. The summed E-state index contributed by atoms with van der Waals surface area (Å²) in [5.74, 6) is -1.09. The van der Waals surface area contributed by atoms with Gasteiger partial charge in [-0.1, -0.05) is 0 Å². The van der Waals surface area contributed by atoms with Crippen molar-refractivity contribution in [2.75, 3.05) is 47.3 Å². The third-order valence-corrected chi connectivity index (χ3v) is 2.07. The molecule has 0 radical (unpaired) electrons. The zero-order valence-corrected chi connectivity index (χ0v) is 10.3. The molecule has 6 heteroatoms. The molecule has 0 heterocycles. The van der Waals surface area contributed by atoms with Crippen LogP contribution in [0.3, 0.4) is 0 Å². The van der Waals surface area contributed by atoms with Crippen LogP contribution in [-0.4, -0.2) is 68.9 Å². The Morgan fingerprint density at radius 2 is 1.81 bits per heavy atom. The fourth-order valence-corrected chi connectivity index (χ4v) is 1.16. The normalized spacial score (nSPS) is 10.3. The van der Waals surface area contributed by atoms with Crippen molar-refractivity contribution < 1.29 is 9.59 Å². The molecule has 0 spiro atoms. The van der Waals surface area contributed by atoms with Gasteiger partial charge in [-0.2, -0.15) is 0 Å². The Bertz CT molecular complexity index is 231. The summed E-state index contributed by atoms with van der Waals surface area (Å²) in [5, 5.41) is 2.45. The fraction of sp³-hybridized carbons (Fsp3) is 0.800. The SMILES string of the molecule is CN(C)CCCN(C)C(=O)C(=O)NCCN. The Kier molecular flexibility index (Phi) is 7.49. The minimum Gasteiger partial charge on any atom is -0.347 e. The first-order chi connectivity index (χ1) is 7.49. The molecule has 0 fully saturated rings. The molecule has 3 N–H and O–H groups in total. The number of nitrogens with two attached hydrogens (primary N) is 1. The second kappa shape index (κ2) is 8.06. The molecule has 0 bridgehead atoms. The van der Waals surface area contributed by atoms with Crippen LogP contribution in [-0.2, 0) is 9.59 Å². The summed E-state index contributed by atoms with van der Waals surface area (Å²) < 4.78 is 0. The molecule has 0 unspecified atom stereocenters. The monoisotopic (exact) mass is 230 g/mol. The smallest absolute Gasteiger partial charge is 0.311 e. The maximum atomic E-state index is 11.5. The molecule has 0 aromatic rings. The van der Waals surface area contributed by atoms with Crippen molar-refractivity contribution >= 4 is 11.8 Å². The topological polar surface area (TPSA) is 78.7 Å². The predicted octanol–water partition coefficient (Wildman–Crippen LogP) is -1.53. The first-order valence-electron chi connectivity index (χ1n) is 5.37. The fourth-order valence-electron chi connectivity index (χ4n) is 1.16. The van der Waals surface area contributed by atoms with Gasteiger partial charge in [0.1, 0.15) is 0 Å². The highest BCUT2D eigenvalue weighted by Gasteiger charge is 2.17. The van der Waals surface area contributed by atoms with Crippen LogP contribution in [0.1, 0.15) is 6.42 Å². The molecule has 6 nitrogen and oxygen atoms in total. The lowest BCUT2D eigenvalue weighted by atomic mass is 10.3. The van der Waals surface area contributed by atoms with Gasteiger partial charge in [-0.25, -0.2) is 0 Å². The Hall–Kier alpha value is -1.14. The number of hydrogen-bond donors (Lipinski definition) is 2. The molecule has 0 saturated carbocycles. The Morgan fingerprint density at radius 3 is 2.31 bits per heavy atom. The lowest BCUT2D eigenvalue weighted by Crippen LogP contribution is -2.43. The quantitative estimate of drug-likeness (QED) is 0.543. The molecule has 0 aromatic heterocycles. The van der Waals surface area contributed by atoms with Gasteiger partial charge in [0.2, 0.25) is 0 Å². The van der Waals surface area contributed by atoms with E-state index in [0.717, 1.165) is 13.0 Å². The van der Waals surface area contributed by atoms with Crippen LogP contribution in [0.4, 0.5) is 0 Å². The van der Waals surface area contributed by atoms with E-state index in [1.165, 1.54) is 4.90 Å². The Balaban J connectivity index is 3.84. The van der Waals surface area contributed by atoms with Crippen molar-refractivity contribution in [2.45, 2.75) is 6.42 Å². The summed E-state index contributed by atoms with van der Waals surface area (Å²) in [4.78, 5) is 26.2. The van der Waals surface area contributed by atoms with Crippen molar-refractivity contribution in [2.24, 2.45) is 5.73 Å². The van der Waals surface area contributed by atoms with E-state index >= 15 is 0 Å². The van der Waals surface area contributed by atoms with Gasteiger partial charge < -0.3 is 20.9 Å². The number of nitrogens with zero attached hydrogens (tertiary/aromatic N) is 2. The average Bonchev–Trinajstić information content (AvgIpc) is 2.24. The second-order valence-electron chi connectivity index (χ2n) is 3.93. The lowest BCUT2D eigenvalue weighted by molar-refractivity contribution is -0.144. The molecule has 0 aromatic carbocycles. The molecule has 0 aliphatic rings. The zero-order valence-electron chi connectivity index (χ0n) is 10.3. The number of nitrogens with one attached hydrogen (secondary N) is 1. The van der Waals surface area contributed by atoms with Crippen molar-refractivity contribution in [1.82, 2.24) is 15.1 Å². The van der Waals surface area contributed by atoms with Gasteiger partial charge in [0.05, 0.1) is 0 Å². The Labute approximate surface area is 96.8 Å². The van der Waals surface area contributed by atoms with E-state index < -0.39 is 11.8 Å². The van der Waals surface area contributed by atoms with E-state index in [0.29, 0.717) is 19.6 Å². The molecular weight excluding hydrogens is 208 g/mol. The van der Waals surface area contributed by atoms with Crippen LogP contribution in [0.5, 0.6) is 0 Å². The minimum absolute atomic E-state index is 0.329. The zero-order chi connectivity index (χ0) is 12.6. The Morgan fingerprint density at radius 1 is 1.19 bits per heavy atom. The van der Waals surface area contributed by atoms with Gasteiger partial charge in [-0.05, 0) is 27.1 Å². The highest BCUT2D eigenvalue weighted by atomic mass is 16.2. The number of rotatable bonds is 6. The van der Waals surface area contributed by atoms with Crippen LogP contribution >= 0.6 is 0 Å². The molecule has 0 aliphatic carbocycles. The number of amides is 2. The van der Waals surface area contributed by atoms with Crippen LogP contribution < -0.4 is 11.1 Å². The van der Waals surface area contributed by atoms with E-state index in [-0.39, 0.29) is 0 Å². The summed E-state index contributed by atoms with van der Waals surface area (Å²) in [6, 6.07) is 0. The average molecular weight is 230 g/mol. The summed E-state index contributed by atoms with van der Waals surface area (Å²) in [6.45, 7) is 2.13. The van der Waals surface area contributed by atoms with Gasteiger partial charge in [-0.3, -0.25) is 9.59 Å². The molecule has 0 aliphatic heterocycles. The van der Waals surface area contributed by atoms with Gasteiger partial charge in [0.15, 0.2) is 0 Å². The lowest BCUT2D eigenvalue weighted by Gasteiger charge is -2.17. The summed E-state index contributed by atoms with van der Waals surface area (Å²) in [7, 11) is 5.56.